The van der Waals surface area contributed by atoms with Gasteiger partial charge in [-0.2, -0.15) is 0 Å². The summed E-state index contributed by atoms with van der Waals surface area (Å²) in [5.41, 5.74) is 13.5. The average Bonchev–Trinajstić information content (AvgIpc) is 2.93. The van der Waals surface area contributed by atoms with E-state index in [2.05, 4.69) is 21.7 Å². The molecule has 2 amide bonds. The van der Waals surface area contributed by atoms with Crippen LogP contribution in [0.2, 0.25) is 0 Å². The van der Waals surface area contributed by atoms with Crippen LogP contribution in [0.3, 0.4) is 0 Å². The quantitative estimate of drug-likeness (QED) is 0.222. The molecule has 8 heteroatoms. The lowest BCUT2D eigenvalue weighted by Crippen LogP contribution is -2.35. The maximum atomic E-state index is 12.2. The van der Waals surface area contributed by atoms with Gasteiger partial charge in [0.15, 0.2) is 0 Å². The first-order chi connectivity index (χ1) is 17.7. The molecule has 0 aliphatic heterocycles. The smallest absolute Gasteiger partial charge is 0.269 e. The normalized spacial score (nSPS) is 11.9. The van der Waals surface area contributed by atoms with Gasteiger partial charge in [0, 0.05) is 34.3 Å². The van der Waals surface area contributed by atoms with E-state index in [-0.39, 0.29) is 11.8 Å². The van der Waals surface area contributed by atoms with Crippen molar-refractivity contribution in [1.29, 1.82) is 0 Å². The summed E-state index contributed by atoms with van der Waals surface area (Å²) in [4.78, 5) is 33.9. The van der Waals surface area contributed by atoms with Gasteiger partial charge >= 0.3 is 0 Å². The van der Waals surface area contributed by atoms with Crippen molar-refractivity contribution in [3.05, 3.63) is 119 Å². The van der Waals surface area contributed by atoms with E-state index >= 15 is 0 Å². The number of pyridine rings is 2. The standard InChI is InChI=1S/C28H22N6O2/c35-27(21-7-3-1-4-8-21)33-29-17-23-15-13-19-11-12-20-14-16-24(32-26(20)25(19)31-23)18-30-34-28(36)22-9-5-2-6-10-22/h1-18,29-30H,(H,33,35)(H,34,36)/b23-17-,24-18-. The number of carbonyl (C=O) groups is 2. The summed E-state index contributed by atoms with van der Waals surface area (Å²) in [6, 6.07) is 29.5. The summed E-state index contributed by atoms with van der Waals surface area (Å²) >= 11 is 0. The number of aromatic nitrogens is 2. The number of hydrazine groups is 2. The van der Waals surface area contributed by atoms with Crippen molar-refractivity contribution in [3.63, 3.8) is 0 Å². The van der Waals surface area contributed by atoms with Gasteiger partial charge in [0.05, 0.1) is 21.7 Å². The SMILES string of the molecule is O=C(NN/C=c1/ccc2ccc3cc/c(=C/NNC(=O)c4ccccc4)nc3c2n1)c1ccccc1. The Kier molecular flexibility index (Phi) is 6.48. The molecule has 3 aromatic carbocycles. The zero-order valence-corrected chi connectivity index (χ0v) is 19.1. The second kappa shape index (κ2) is 10.4. The zero-order chi connectivity index (χ0) is 24.7. The van der Waals surface area contributed by atoms with Gasteiger partial charge in [-0.25, -0.2) is 9.97 Å². The topological polar surface area (TPSA) is 108 Å². The molecule has 0 saturated heterocycles. The summed E-state index contributed by atoms with van der Waals surface area (Å²) in [6.45, 7) is 0. The fraction of sp³-hybridized carbons (Fsp3) is 0. The van der Waals surface area contributed by atoms with Crippen LogP contribution >= 0.6 is 0 Å². The van der Waals surface area contributed by atoms with E-state index in [1.807, 2.05) is 48.5 Å². The highest BCUT2D eigenvalue weighted by atomic mass is 16.2. The van der Waals surface area contributed by atoms with Gasteiger partial charge in [0.2, 0.25) is 0 Å². The van der Waals surface area contributed by atoms with E-state index in [0.29, 0.717) is 21.8 Å². The lowest BCUT2D eigenvalue weighted by atomic mass is 10.1. The first kappa shape index (κ1) is 22.5. The van der Waals surface area contributed by atoms with Gasteiger partial charge in [0.1, 0.15) is 0 Å². The number of fused-ring (bicyclic) bond motifs is 3. The van der Waals surface area contributed by atoms with Crippen molar-refractivity contribution in [1.82, 2.24) is 31.7 Å². The Morgan fingerprint density at radius 1 is 0.528 bits per heavy atom. The number of amides is 2. The van der Waals surface area contributed by atoms with E-state index in [4.69, 9.17) is 9.97 Å². The molecule has 176 valence electrons. The Balaban J connectivity index is 1.37. The fourth-order valence-corrected chi connectivity index (χ4v) is 3.63. The first-order valence-electron chi connectivity index (χ1n) is 11.3. The fourth-order valence-electron chi connectivity index (χ4n) is 3.63. The molecule has 0 aliphatic rings. The second-order valence-electron chi connectivity index (χ2n) is 7.90. The summed E-state index contributed by atoms with van der Waals surface area (Å²) in [7, 11) is 0. The van der Waals surface area contributed by atoms with Crippen LogP contribution in [0, 0.1) is 0 Å². The Bertz CT molecular complexity index is 1550. The van der Waals surface area contributed by atoms with E-state index in [9.17, 15) is 9.59 Å². The molecule has 5 rings (SSSR count). The van der Waals surface area contributed by atoms with Gasteiger partial charge in [-0.1, -0.05) is 60.7 Å². The minimum atomic E-state index is -0.244. The van der Waals surface area contributed by atoms with Gasteiger partial charge in [0.25, 0.3) is 11.8 Å². The molecule has 0 saturated carbocycles. The third-order valence-electron chi connectivity index (χ3n) is 5.45. The van der Waals surface area contributed by atoms with Gasteiger partial charge in [-0.05, 0) is 36.4 Å². The Morgan fingerprint density at radius 2 is 0.917 bits per heavy atom. The largest absolute Gasteiger partial charge is 0.303 e. The highest BCUT2D eigenvalue weighted by Gasteiger charge is 2.05. The summed E-state index contributed by atoms with van der Waals surface area (Å²) in [5.74, 6) is -0.487. The van der Waals surface area contributed by atoms with Crippen LogP contribution < -0.4 is 32.4 Å². The number of nitrogens with one attached hydrogen (secondary N) is 4. The first-order valence-corrected chi connectivity index (χ1v) is 11.3. The van der Waals surface area contributed by atoms with Crippen LogP contribution in [0.15, 0.2) is 97.1 Å². The Morgan fingerprint density at radius 3 is 1.33 bits per heavy atom. The van der Waals surface area contributed by atoms with Crippen LogP contribution in [-0.4, -0.2) is 21.8 Å². The van der Waals surface area contributed by atoms with Crippen LogP contribution in [-0.2, 0) is 0 Å². The molecule has 8 nitrogen and oxygen atoms in total. The molecule has 2 heterocycles. The van der Waals surface area contributed by atoms with Gasteiger partial charge < -0.3 is 10.9 Å². The lowest BCUT2D eigenvalue weighted by molar-refractivity contribution is 0.0935. The zero-order valence-electron chi connectivity index (χ0n) is 19.1. The van der Waals surface area contributed by atoms with E-state index in [0.717, 1.165) is 21.8 Å². The predicted molar refractivity (Wildman–Crippen MR) is 139 cm³/mol. The molecule has 0 fully saturated rings. The highest BCUT2D eigenvalue weighted by molar-refractivity contribution is 6.02. The van der Waals surface area contributed by atoms with Crippen molar-refractivity contribution in [2.75, 3.05) is 0 Å². The Labute approximate surface area is 206 Å². The molecule has 2 aromatic heterocycles. The monoisotopic (exact) mass is 474 g/mol. The van der Waals surface area contributed by atoms with Gasteiger partial charge in [-0.3, -0.25) is 20.4 Å². The molecule has 4 N–H and O–H groups in total. The summed E-state index contributed by atoms with van der Waals surface area (Å²) < 4.78 is 0. The van der Waals surface area contributed by atoms with E-state index < -0.39 is 0 Å². The van der Waals surface area contributed by atoms with E-state index in [1.165, 1.54) is 0 Å². The van der Waals surface area contributed by atoms with Crippen molar-refractivity contribution in [3.8, 4) is 0 Å². The second-order valence-corrected chi connectivity index (χ2v) is 7.90. The molecule has 0 atom stereocenters. The van der Waals surface area contributed by atoms with Crippen LogP contribution in [0.5, 0.6) is 0 Å². The summed E-state index contributed by atoms with van der Waals surface area (Å²) in [6.07, 6.45) is 3.24. The molecule has 0 unspecified atom stereocenters. The van der Waals surface area contributed by atoms with Crippen molar-refractivity contribution in [2.45, 2.75) is 0 Å². The van der Waals surface area contributed by atoms with Crippen LogP contribution in [0.25, 0.3) is 34.2 Å². The number of benzene rings is 3. The third kappa shape index (κ3) is 5.13. The Hall–Kier alpha value is -5.24. The van der Waals surface area contributed by atoms with Crippen molar-refractivity contribution in [2.24, 2.45) is 0 Å². The minimum absolute atomic E-state index is 0.244. The number of carbonyl (C=O) groups excluding carboxylic acids is 2. The minimum Gasteiger partial charge on any atom is -0.303 e. The molecular weight excluding hydrogens is 452 g/mol. The number of hydrogen-bond donors (Lipinski definition) is 4. The molecule has 0 spiro atoms. The molecule has 0 bridgehead atoms. The maximum Gasteiger partial charge on any atom is 0.269 e. The molecule has 5 aromatic rings. The highest BCUT2D eigenvalue weighted by Crippen LogP contribution is 2.19. The molecule has 0 aliphatic carbocycles. The average molecular weight is 475 g/mol. The number of rotatable bonds is 6. The number of hydrogen-bond acceptors (Lipinski definition) is 6. The summed E-state index contributed by atoms with van der Waals surface area (Å²) in [5, 5.41) is 3.13. The number of nitrogens with zero attached hydrogens (tertiary/aromatic N) is 2. The van der Waals surface area contributed by atoms with E-state index in [1.54, 1.807) is 60.9 Å². The van der Waals surface area contributed by atoms with Crippen LogP contribution in [0.4, 0.5) is 0 Å². The molecular formula is C28H22N6O2. The maximum absolute atomic E-state index is 12.2. The van der Waals surface area contributed by atoms with Crippen molar-refractivity contribution >= 4 is 46.0 Å². The van der Waals surface area contributed by atoms with Gasteiger partial charge in [-0.15, -0.1) is 0 Å². The van der Waals surface area contributed by atoms with Crippen LogP contribution in [0.1, 0.15) is 20.7 Å². The molecule has 36 heavy (non-hydrogen) atoms. The lowest BCUT2D eigenvalue weighted by Gasteiger charge is -2.06. The molecule has 0 radical (unpaired) electrons. The van der Waals surface area contributed by atoms with Crippen molar-refractivity contribution < 1.29 is 9.59 Å². The predicted octanol–water partition coefficient (Wildman–Crippen LogP) is 2.13. The third-order valence-corrected chi connectivity index (χ3v) is 5.45.